The smallest absolute Gasteiger partial charge is 0.337 e. The molecular weight excluding hydrogens is 438 g/mol. The van der Waals surface area contributed by atoms with Gasteiger partial charge < -0.3 is 9.47 Å². The number of carbonyl (C=O) groups is 1. The van der Waals surface area contributed by atoms with Gasteiger partial charge in [0.25, 0.3) is 5.56 Å². The molecule has 3 heterocycles. The van der Waals surface area contributed by atoms with E-state index < -0.39 is 17.2 Å². The van der Waals surface area contributed by atoms with E-state index in [4.69, 9.17) is 9.47 Å². The molecule has 0 aliphatic carbocycles. The molecule has 0 unspecified atom stereocenters. The van der Waals surface area contributed by atoms with Crippen LogP contribution in [0.5, 0.6) is 5.75 Å². The molecule has 10 nitrogen and oxygen atoms in total. The van der Waals surface area contributed by atoms with Crippen LogP contribution in [0.15, 0.2) is 64.3 Å². The van der Waals surface area contributed by atoms with Crippen LogP contribution in [0.25, 0.3) is 33.9 Å². The van der Waals surface area contributed by atoms with Crippen LogP contribution in [0.4, 0.5) is 0 Å². The molecule has 0 saturated carbocycles. The van der Waals surface area contributed by atoms with Gasteiger partial charge in [-0.1, -0.05) is 24.3 Å². The lowest BCUT2D eigenvalue weighted by Crippen LogP contribution is -2.37. The summed E-state index contributed by atoms with van der Waals surface area (Å²) in [5.41, 5.74) is 2.25. The second-order valence-electron chi connectivity index (χ2n) is 7.75. The summed E-state index contributed by atoms with van der Waals surface area (Å²) in [5.74, 6) is 0.601. The zero-order valence-corrected chi connectivity index (χ0v) is 19.0. The van der Waals surface area contributed by atoms with E-state index in [-0.39, 0.29) is 11.2 Å². The van der Waals surface area contributed by atoms with E-state index in [1.807, 2.05) is 28.8 Å². The number of aromatic nitrogens is 5. The Bertz CT molecular complexity index is 1700. The highest BCUT2D eigenvalue weighted by atomic mass is 16.5. The predicted molar refractivity (Wildman–Crippen MR) is 126 cm³/mol. The second kappa shape index (κ2) is 7.77. The van der Waals surface area contributed by atoms with Crippen LogP contribution in [-0.4, -0.2) is 43.3 Å². The number of esters is 1. The molecule has 0 atom stereocenters. The van der Waals surface area contributed by atoms with Crippen molar-refractivity contribution in [2.75, 3.05) is 14.2 Å². The van der Waals surface area contributed by atoms with Crippen molar-refractivity contribution in [1.82, 2.24) is 23.1 Å². The van der Waals surface area contributed by atoms with Gasteiger partial charge >= 0.3 is 11.7 Å². The molecule has 0 saturated heterocycles. The van der Waals surface area contributed by atoms with E-state index >= 15 is 0 Å². The summed E-state index contributed by atoms with van der Waals surface area (Å²) >= 11 is 0. The van der Waals surface area contributed by atoms with Gasteiger partial charge in [0, 0.05) is 25.9 Å². The number of nitrogens with zero attached hydrogens (tertiary/aromatic N) is 5. The first-order valence-electron chi connectivity index (χ1n) is 10.4. The van der Waals surface area contributed by atoms with Gasteiger partial charge in [-0.25, -0.2) is 9.59 Å². The minimum Gasteiger partial charge on any atom is -0.495 e. The predicted octanol–water partition coefficient (Wildman–Crippen LogP) is 2.14. The Balaban J connectivity index is 1.90. The monoisotopic (exact) mass is 459 g/mol. The number of ether oxygens (including phenoxy) is 2. The Morgan fingerprint density at radius 1 is 0.941 bits per heavy atom. The average molecular weight is 459 g/mol. The molecule has 34 heavy (non-hydrogen) atoms. The fourth-order valence-electron chi connectivity index (χ4n) is 4.12. The molecule has 0 amide bonds. The molecule has 0 spiro atoms. The maximum absolute atomic E-state index is 13.0. The Kier molecular flexibility index (Phi) is 4.85. The van der Waals surface area contributed by atoms with Gasteiger partial charge in [-0.3, -0.25) is 22.9 Å². The van der Waals surface area contributed by atoms with E-state index in [2.05, 4.69) is 4.98 Å². The van der Waals surface area contributed by atoms with Crippen molar-refractivity contribution in [3.8, 4) is 22.7 Å². The van der Waals surface area contributed by atoms with Crippen molar-refractivity contribution in [2.24, 2.45) is 14.1 Å². The lowest BCUT2D eigenvalue weighted by Gasteiger charge is -2.13. The quantitative estimate of drug-likeness (QED) is 0.382. The van der Waals surface area contributed by atoms with Crippen LogP contribution in [0, 0.1) is 0 Å². The van der Waals surface area contributed by atoms with Crippen LogP contribution >= 0.6 is 0 Å². The molecule has 5 aromatic rings. The summed E-state index contributed by atoms with van der Waals surface area (Å²) in [7, 11) is 5.92. The molecule has 0 fully saturated rings. The van der Waals surface area contributed by atoms with Gasteiger partial charge in [0.15, 0.2) is 11.2 Å². The van der Waals surface area contributed by atoms with E-state index in [1.165, 1.54) is 18.7 Å². The largest absolute Gasteiger partial charge is 0.495 e. The lowest BCUT2D eigenvalue weighted by atomic mass is 10.1. The number of hydrogen-bond donors (Lipinski definition) is 0. The fourth-order valence-corrected chi connectivity index (χ4v) is 4.12. The van der Waals surface area contributed by atoms with Crippen molar-refractivity contribution >= 4 is 22.9 Å². The minimum atomic E-state index is -0.458. The zero-order valence-electron chi connectivity index (χ0n) is 19.0. The van der Waals surface area contributed by atoms with E-state index in [9.17, 15) is 14.4 Å². The number of aryl methyl sites for hydroxylation is 1. The maximum Gasteiger partial charge on any atom is 0.337 e. The van der Waals surface area contributed by atoms with Crippen LogP contribution in [-0.2, 0) is 18.8 Å². The van der Waals surface area contributed by atoms with E-state index in [1.54, 1.807) is 49.0 Å². The minimum absolute atomic E-state index is 0.277. The number of para-hydroxylation sites is 2. The highest BCUT2D eigenvalue weighted by Crippen LogP contribution is 2.33. The third kappa shape index (κ3) is 2.95. The molecule has 0 bridgehead atoms. The topological polar surface area (TPSA) is 102 Å². The fraction of sp³-hybridized carbons (Fsp3) is 0.167. The Morgan fingerprint density at radius 3 is 2.32 bits per heavy atom. The maximum atomic E-state index is 13.0. The summed E-state index contributed by atoms with van der Waals surface area (Å²) in [6.07, 6.45) is 1.79. The van der Waals surface area contributed by atoms with Crippen molar-refractivity contribution in [1.29, 1.82) is 0 Å². The summed E-state index contributed by atoms with van der Waals surface area (Å²) in [4.78, 5) is 42.1. The molecule has 0 N–H and O–H groups in total. The SMILES string of the molecule is COC(=O)c1ccc(-c2cn3c4c(=O)n(C)c(=O)n(C)c4nc3n2-c2ccccc2OC)cc1. The van der Waals surface area contributed by atoms with Gasteiger partial charge in [0.05, 0.1) is 31.2 Å². The third-order valence-electron chi connectivity index (χ3n) is 5.89. The molecule has 10 heteroatoms. The zero-order chi connectivity index (χ0) is 24.1. The number of methoxy groups -OCH3 is 2. The van der Waals surface area contributed by atoms with Crippen molar-refractivity contribution < 1.29 is 14.3 Å². The van der Waals surface area contributed by atoms with E-state index in [0.29, 0.717) is 28.5 Å². The second-order valence-corrected chi connectivity index (χ2v) is 7.75. The molecule has 0 aliphatic rings. The van der Waals surface area contributed by atoms with Gasteiger partial charge in [-0.2, -0.15) is 4.98 Å². The molecular formula is C24H21N5O5. The first-order valence-corrected chi connectivity index (χ1v) is 10.4. The standard InChI is InChI=1S/C24H21N5O5/c1-26-20-19(21(30)27(2)24(26)32)28-13-17(14-9-11-15(12-10-14)22(31)34-4)29(23(28)25-20)16-7-5-6-8-18(16)33-3/h5-13H,1-4H3. The first kappa shape index (κ1) is 21.3. The normalized spacial score (nSPS) is 11.3. The number of imidazole rings is 2. The molecule has 3 aromatic heterocycles. The molecule has 0 aliphatic heterocycles. The number of carbonyl (C=O) groups excluding carboxylic acids is 1. The van der Waals surface area contributed by atoms with Crippen LogP contribution in [0.2, 0.25) is 0 Å². The summed E-state index contributed by atoms with van der Waals surface area (Å²) in [5, 5.41) is 0. The number of fused-ring (bicyclic) bond motifs is 3. The van der Waals surface area contributed by atoms with Crippen molar-refractivity contribution in [3.63, 3.8) is 0 Å². The van der Waals surface area contributed by atoms with Gasteiger partial charge in [-0.05, 0) is 24.3 Å². The first-order chi connectivity index (χ1) is 16.4. The highest BCUT2D eigenvalue weighted by molar-refractivity contribution is 5.90. The van der Waals surface area contributed by atoms with Crippen molar-refractivity contribution in [3.05, 3.63) is 81.1 Å². The average Bonchev–Trinajstić information content (AvgIpc) is 3.42. The lowest BCUT2D eigenvalue weighted by molar-refractivity contribution is 0.0600. The van der Waals surface area contributed by atoms with Crippen LogP contribution in [0.3, 0.4) is 0 Å². The Hall–Kier alpha value is -4.60. The number of rotatable bonds is 4. The van der Waals surface area contributed by atoms with Crippen molar-refractivity contribution in [2.45, 2.75) is 0 Å². The van der Waals surface area contributed by atoms with Gasteiger partial charge in [-0.15, -0.1) is 0 Å². The number of benzene rings is 2. The van der Waals surface area contributed by atoms with Crippen LogP contribution in [0.1, 0.15) is 10.4 Å². The number of hydrogen-bond acceptors (Lipinski definition) is 6. The molecule has 5 rings (SSSR count). The Labute approximate surface area is 192 Å². The highest BCUT2D eigenvalue weighted by Gasteiger charge is 2.23. The third-order valence-corrected chi connectivity index (χ3v) is 5.89. The summed E-state index contributed by atoms with van der Waals surface area (Å²) in [6.45, 7) is 0. The van der Waals surface area contributed by atoms with E-state index in [0.717, 1.165) is 10.1 Å². The molecule has 0 radical (unpaired) electrons. The summed E-state index contributed by atoms with van der Waals surface area (Å²) in [6, 6.07) is 14.4. The summed E-state index contributed by atoms with van der Waals surface area (Å²) < 4.78 is 16.3. The van der Waals surface area contributed by atoms with Gasteiger partial charge in [0.2, 0.25) is 5.78 Å². The molecule has 172 valence electrons. The van der Waals surface area contributed by atoms with Crippen LogP contribution < -0.4 is 16.0 Å². The Morgan fingerprint density at radius 2 is 1.65 bits per heavy atom. The molecule has 2 aromatic carbocycles. The van der Waals surface area contributed by atoms with Gasteiger partial charge in [0.1, 0.15) is 5.75 Å².